The lowest BCUT2D eigenvalue weighted by Crippen LogP contribution is -2.49. The smallest absolute Gasteiger partial charge is 0.339 e. The Hall–Kier alpha value is -1.15. The topological polar surface area (TPSA) is 55.8 Å². The summed E-state index contributed by atoms with van der Waals surface area (Å²) in [4.78, 5) is 25.7. The van der Waals surface area contributed by atoms with Crippen molar-refractivity contribution in [1.29, 1.82) is 0 Å². The molecule has 1 aromatic rings. The van der Waals surface area contributed by atoms with Gasteiger partial charge in [0, 0.05) is 16.7 Å². The van der Waals surface area contributed by atoms with Crippen molar-refractivity contribution in [2.45, 2.75) is 26.1 Å². The molecule has 1 aliphatic rings. The number of nitrogens with zero attached hydrogens (tertiary/aromatic N) is 1. The van der Waals surface area contributed by atoms with Crippen molar-refractivity contribution in [3.63, 3.8) is 0 Å². The Morgan fingerprint density at radius 1 is 1.29 bits per heavy atom. The lowest BCUT2D eigenvalue weighted by atomic mass is 10.2. The highest BCUT2D eigenvalue weighted by Gasteiger charge is 2.26. The monoisotopic (exact) mass is 403 g/mol. The third kappa shape index (κ3) is 4.41. The van der Waals surface area contributed by atoms with Crippen molar-refractivity contribution in [3.8, 4) is 0 Å². The molecule has 0 radical (unpaired) electrons. The maximum absolute atomic E-state index is 12.1. The van der Waals surface area contributed by atoms with E-state index >= 15 is 0 Å². The van der Waals surface area contributed by atoms with E-state index in [0.29, 0.717) is 18.7 Å². The molecule has 2 rings (SSSR count). The molecule has 1 fully saturated rings. The molecule has 0 bridgehead atoms. The predicted molar refractivity (Wildman–Crippen MR) is 86.0 cm³/mol. The van der Waals surface area contributed by atoms with Crippen LogP contribution in [0.5, 0.6) is 0 Å². The fourth-order valence-electron chi connectivity index (χ4n) is 2.30. The van der Waals surface area contributed by atoms with E-state index in [9.17, 15) is 9.59 Å². The quantitative estimate of drug-likeness (QED) is 0.573. The molecular weight excluding hydrogens is 385 g/mol. The van der Waals surface area contributed by atoms with Crippen LogP contribution in [-0.4, -0.2) is 48.7 Å². The number of carbonyl (C=O) groups excluding carboxylic acids is 2. The van der Waals surface area contributed by atoms with Crippen molar-refractivity contribution in [1.82, 2.24) is 4.90 Å². The molecule has 1 aromatic carbocycles. The molecule has 2 unspecified atom stereocenters. The molecule has 1 heterocycles. The van der Waals surface area contributed by atoms with Gasteiger partial charge < -0.3 is 14.4 Å². The summed E-state index contributed by atoms with van der Waals surface area (Å²) >= 11 is 2.07. The standard InChI is InChI=1S/C15H18INO4/c1-10-7-17(8-11(2)21-10)14(18)9-20-15(19)12-5-3-4-6-13(12)16/h3-6,10-11H,7-9H2,1-2H3. The number of amides is 1. The molecule has 0 spiro atoms. The van der Waals surface area contributed by atoms with Crippen LogP contribution in [0.4, 0.5) is 0 Å². The average molecular weight is 403 g/mol. The zero-order chi connectivity index (χ0) is 15.4. The van der Waals surface area contributed by atoms with E-state index in [1.807, 2.05) is 26.0 Å². The number of hydrogen-bond donors (Lipinski definition) is 0. The van der Waals surface area contributed by atoms with Gasteiger partial charge in [0.1, 0.15) is 0 Å². The summed E-state index contributed by atoms with van der Waals surface area (Å²) in [6, 6.07) is 7.13. The number of halogens is 1. The summed E-state index contributed by atoms with van der Waals surface area (Å²) in [6.45, 7) is 4.68. The molecule has 5 nitrogen and oxygen atoms in total. The van der Waals surface area contributed by atoms with E-state index in [1.54, 1.807) is 17.0 Å². The first kappa shape index (κ1) is 16.2. The highest BCUT2D eigenvalue weighted by molar-refractivity contribution is 14.1. The fourth-order valence-corrected chi connectivity index (χ4v) is 2.91. The minimum Gasteiger partial charge on any atom is -0.452 e. The first-order valence-electron chi connectivity index (χ1n) is 6.82. The van der Waals surface area contributed by atoms with Gasteiger partial charge in [-0.2, -0.15) is 0 Å². The lowest BCUT2D eigenvalue weighted by Gasteiger charge is -2.35. The van der Waals surface area contributed by atoms with Gasteiger partial charge in [-0.25, -0.2) is 4.79 Å². The summed E-state index contributed by atoms with van der Waals surface area (Å²) in [5, 5.41) is 0. The van der Waals surface area contributed by atoms with Gasteiger partial charge >= 0.3 is 5.97 Å². The number of benzene rings is 1. The van der Waals surface area contributed by atoms with Gasteiger partial charge in [-0.1, -0.05) is 12.1 Å². The number of esters is 1. The van der Waals surface area contributed by atoms with Crippen LogP contribution in [0.1, 0.15) is 24.2 Å². The summed E-state index contributed by atoms with van der Waals surface area (Å²) in [6.07, 6.45) is 0.00643. The van der Waals surface area contributed by atoms with Crippen molar-refractivity contribution < 1.29 is 19.1 Å². The zero-order valence-electron chi connectivity index (χ0n) is 12.0. The van der Waals surface area contributed by atoms with Gasteiger partial charge in [-0.05, 0) is 48.6 Å². The van der Waals surface area contributed by atoms with Crippen molar-refractivity contribution in [2.24, 2.45) is 0 Å². The summed E-state index contributed by atoms with van der Waals surface area (Å²) in [5.74, 6) is -0.654. The summed E-state index contributed by atoms with van der Waals surface area (Å²) in [5.41, 5.74) is 0.481. The van der Waals surface area contributed by atoms with Gasteiger partial charge in [-0.15, -0.1) is 0 Å². The van der Waals surface area contributed by atoms with Crippen LogP contribution in [0.15, 0.2) is 24.3 Å². The molecule has 114 valence electrons. The fraction of sp³-hybridized carbons (Fsp3) is 0.467. The Labute approximate surface area is 137 Å². The highest BCUT2D eigenvalue weighted by atomic mass is 127. The first-order valence-corrected chi connectivity index (χ1v) is 7.90. The van der Waals surface area contributed by atoms with E-state index in [0.717, 1.165) is 3.57 Å². The van der Waals surface area contributed by atoms with E-state index in [-0.39, 0.29) is 24.7 Å². The van der Waals surface area contributed by atoms with Gasteiger partial charge in [-0.3, -0.25) is 4.79 Å². The highest BCUT2D eigenvalue weighted by Crippen LogP contribution is 2.14. The third-order valence-corrected chi connectivity index (χ3v) is 4.13. The molecule has 2 atom stereocenters. The zero-order valence-corrected chi connectivity index (χ0v) is 14.2. The maximum atomic E-state index is 12.1. The number of morpholine rings is 1. The average Bonchev–Trinajstić information content (AvgIpc) is 2.43. The predicted octanol–water partition coefficient (Wildman–Crippen LogP) is 2.08. The van der Waals surface area contributed by atoms with Gasteiger partial charge in [0.25, 0.3) is 5.91 Å². The number of rotatable bonds is 3. The van der Waals surface area contributed by atoms with Crippen molar-refractivity contribution in [2.75, 3.05) is 19.7 Å². The van der Waals surface area contributed by atoms with Crippen LogP contribution in [0.25, 0.3) is 0 Å². The first-order chi connectivity index (χ1) is 9.97. The van der Waals surface area contributed by atoms with Crippen LogP contribution in [0.3, 0.4) is 0 Å². The van der Waals surface area contributed by atoms with Gasteiger partial charge in [0.2, 0.25) is 0 Å². The van der Waals surface area contributed by atoms with Crippen LogP contribution in [0.2, 0.25) is 0 Å². The third-order valence-electron chi connectivity index (χ3n) is 3.19. The SMILES string of the molecule is CC1CN(C(=O)COC(=O)c2ccccc2I)CC(C)O1. The maximum Gasteiger partial charge on any atom is 0.339 e. The molecular formula is C15H18INO4. The van der Waals surface area contributed by atoms with Gasteiger partial charge in [0.05, 0.1) is 17.8 Å². The van der Waals surface area contributed by atoms with Crippen molar-refractivity contribution in [3.05, 3.63) is 33.4 Å². The van der Waals surface area contributed by atoms with E-state index in [1.165, 1.54) is 0 Å². The normalized spacial score (nSPS) is 22.0. The van der Waals surface area contributed by atoms with Gasteiger partial charge in [0.15, 0.2) is 6.61 Å². The Bertz CT molecular complexity index is 524. The second-order valence-electron chi connectivity index (χ2n) is 5.11. The van der Waals surface area contributed by atoms with Crippen LogP contribution in [0, 0.1) is 3.57 Å². The molecule has 21 heavy (non-hydrogen) atoms. The van der Waals surface area contributed by atoms with E-state index in [2.05, 4.69) is 22.6 Å². The summed E-state index contributed by atoms with van der Waals surface area (Å²) < 4.78 is 11.5. The summed E-state index contributed by atoms with van der Waals surface area (Å²) in [7, 11) is 0. The molecule has 1 amide bonds. The lowest BCUT2D eigenvalue weighted by molar-refractivity contribution is -0.146. The minimum atomic E-state index is -0.470. The molecule has 1 saturated heterocycles. The molecule has 0 saturated carbocycles. The Kier molecular flexibility index (Phi) is 5.58. The second-order valence-corrected chi connectivity index (χ2v) is 6.27. The number of carbonyl (C=O) groups is 2. The van der Waals surface area contributed by atoms with Crippen LogP contribution >= 0.6 is 22.6 Å². The Morgan fingerprint density at radius 2 is 1.90 bits per heavy atom. The van der Waals surface area contributed by atoms with Crippen LogP contribution in [-0.2, 0) is 14.3 Å². The largest absolute Gasteiger partial charge is 0.452 e. The number of hydrogen-bond acceptors (Lipinski definition) is 4. The molecule has 0 N–H and O–H groups in total. The molecule has 6 heteroatoms. The van der Waals surface area contributed by atoms with E-state index < -0.39 is 5.97 Å². The van der Waals surface area contributed by atoms with Crippen LogP contribution < -0.4 is 0 Å². The Balaban J connectivity index is 1.89. The number of ether oxygens (including phenoxy) is 2. The van der Waals surface area contributed by atoms with E-state index in [4.69, 9.17) is 9.47 Å². The second kappa shape index (κ2) is 7.22. The minimum absolute atomic E-state index is 0.00322. The molecule has 1 aliphatic heterocycles. The molecule has 0 aliphatic carbocycles. The van der Waals surface area contributed by atoms with Crippen molar-refractivity contribution >= 4 is 34.5 Å². The Morgan fingerprint density at radius 3 is 2.52 bits per heavy atom. The molecule has 0 aromatic heterocycles.